The maximum Gasteiger partial charge on any atom is 0.224 e. The monoisotopic (exact) mass is 450 g/mol. The Bertz CT molecular complexity index is 1120. The minimum absolute atomic E-state index is 0.0801. The van der Waals surface area contributed by atoms with Gasteiger partial charge in [-0.15, -0.1) is 10.2 Å². The summed E-state index contributed by atoms with van der Waals surface area (Å²) in [6, 6.07) is 9.25. The maximum atomic E-state index is 12.6. The minimum Gasteiger partial charge on any atom is -0.493 e. The topological polar surface area (TPSA) is 94.4 Å². The number of carbonyl (C=O) groups is 1. The molecule has 4 rings (SSSR count). The lowest BCUT2D eigenvalue weighted by atomic mass is 10.1. The number of ether oxygens (including phenoxy) is 2. The maximum absolute atomic E-state index is 12.6. The SMILES string of the molecule is COc1ccc(NC(=O)CCc2c(C)nn(-c3ccc(N4CCCC4)nn3)c2C)cc1OC. The average molecular weight is 451 g/mol. The highest BCUT2D eigenvalue weighted by molar-refractivity contribution is 5.91. The molecule has 2 aromatic heterocycles. The number of nitrogens with zero attached hydrogens (tertiary/aromatic N) is 5. The van der Waals surface area contributed by atoms with Gasteiger partial charge in [0.05, 0.1) is 19.9 Å². The van der Waals surface area contributed by atoms with E-state index in [4.69, 9.17) is 9.47 Å². The number of carbonyl (C=O) groups excluding carboxylic acids is 1. The number of anilines is 2. The van der Waals surface area contributed by atoms with Crippen molar-refractivity contribution in [1.82, 2.24) is 20.0 Å². The third kappa shape index (κ3) is 4.92. The van der Waals surface area contributed by atoms with Crippen LogP contribution in [0.25, 0.3) is 5.82 Å². The van der Waals surface area contributed by atoms with E-state index in [1.807, 2.05) is 26.0 Å². The van der Waals surface area contributed by atoms with Crippen LogP contribution >= 0.6 is 0 Å². The van der Waals surface area contributed by atoms with Crippen molar-refractivity contribution in [3.8, 4) is 17.3 Å². The molecule has 9 nitrogen and oxygen atoms in total. The van der Waals surface area contributed by atoms with Crippen molar-refractivity contribution in [1.29, 1.82) is 0 Å². The van der Waals surface area contributed by atoms with Crippen LogP contribution in [0, 0.1) is 13.8 Å². The Morgan fingerprint density at radius 1 is 1.00 bits per heavy atom. The lowest BCUT2D eigenvalue weighted by Crippen LogP contribution is -2.19. The molecule has 0 atom stereocenters. The first kappa shape index (κ1) is 22.6. The molecule has 1 saturated heterocycles. The predicted octanol–water partition coefficient (Wildman–Crippen LogP) is 3.47. The summed E-state index contributed by atoms with van der Waals surface area (Å²) in [5.41, 5.74) is 3.56. The van der Waals surface area contributed by atoms with E-state index in [2.05, 4.69) is 25.5 Å². The number of hydrogen-bond acceptors (Lipinski definition) is 7. The van der Waals surface area contributed by atoms with Crippen molar-refractivity contribution in [3.63, 3.8) is 0 Å². The van der Waals surface area contributed by atoms with Gasteiger partial charge >= 0.3 is 0 Å². The third-order valence-corrected chi connectivity index (χ3v) is 5.99. The van der Waals surface area contributed by atoms with E-state index >= 15 is 0 Å². The normalized spacial score (nSPS) is 13.3. The summed E-state index contributed by atoms with van der Waals surface area (Å²) in [7, 11) is 3.14. The van der Waals surface area contributed by atoms with Gasteiger partial charge in [-0.1, -0.05) is 0 Å². The molecule has 1 fully saturated rings. The van der Waals surface area contributed by atoms with Crippen LogP contribution in [-0.4, -0.2) is 53.2 Å². The van der Waals surface area contributed by atoms with Gasteiger partial charge in [0.15, 0.2) is 23.1 Å². The zero-order valence-corrected chi connectivity index (χ0v) is 19.6. The smallest absolute Gasteiger partial charge is 0.224 e. The number of aromatic nitrogens is 4. The molecule has 3 heterocycles. The Balaban J connectivity index is 1.41. The van der Waals surface area contributed by atoms with E-state index < -0.39 is 0 Å². The number of nitrogens with one attached hydrogen (secondary N) is 1. The van der Waals surface area contributed by atoms with E-state index in [0.717, 1.165) is 35.9 Å². The molecule has 1 amide bonds. The number of benzene rings is 1. The summed E-state index contributed by atoms with van der Waals surface area (Å²) in [4.78, 5) is 14.8. The van der Waals surface area contributed by atoms with Gasteiger partial charge in [0.25, 0.3) is 0 Å². The Hall–Kier alpha value is -3.62. The largest absolute Gasteiger partial charge is 0.493 e. The first-order chi connectivity index (χ1) is 16.0. The summed E-state index contributed by atoms with van der Waals surface area (Å²) >= 11 is 0. The van der Waals surface area contributed by atoms with Crippen LogP contribution in [0.2, 0.25) is 0 Å². The molecule has 174 valence electrons. The minimum atomic E-state index is -0.0801. The van der Waals surface area contributed by atoms with Gasteiger partial charge in [0, 0.05) is 37.0 Å². The molecule has 3 aromatic rings. The van der Waals surface area contributed by atoms with Crippen molar-refractivity contribution < 1.29 is 14.3 Å². The van der Waals surface area contributed by atoms with Crippen LogP contribution in [0.4, 0.5) is 11.5 Å². The molecule has 1 aliphatic rings. The lowest BCUT2D eigenvalue weighted by Gasteiger charge is -2.15. The van der Waals surface area contributed by atoms with Crippen molar-refractivity contribution in [2.75, 3.05) is 37.5 Å². The molecule has 33 heavy (non-hydrogen) atoms. The molecule has 0 bridgehead atoms. The summed E-state index contributed by atoms with van der Waals surface area (Å²) < 4.78 is 12.3. The molecular formula is C24H30N6O3. The van der Waals surface area contributed by atoms with Gasteiger partial charge in [0.2, 0.25) is 5.91 Å². The van der Waals surface area contributed by atoms with Crippen molar-refractivity contribution in [3.05, 3.63) is 47.3 Å². The molecule has 0 radical (unpaired) electrons. The van der Waals surface area contributed by atoms with Gasteiger partial charge in [-0.25, -0.2) is 4.68 Å². The zero-order chi connectivity index (χ0) is 23.4. The number of hydrogen-bond donors (Lipinski definition) is 1. The summed E-state index contributed by atoms with van der Waals surface area (Å²) in [5.74, 6) is 2.69. The van der Waals surface area contributed by atoms with Gasteiger partial charge in [-0.3, -0.25) is 4.79 Å². The molecule has 0 aliphatic carbocycles. The molecule has 0 spiro atoms. The third-order valence-electron chi connectivity index (χ3n) is 5.99. The Labute approximate surface area is 193 Å². The number of methoxy groups -OCH3 is 2. The van der Waals surface area contributed by atoms with Crippen LogP contribution in [0.5, 0.6) is 11.5 Å². The van der Waals surface area contributed by atoms with E-state index in [0.29, 0.717) is 35.8 Å². The highest BCUT2D eigenvalue weighted by Crippen LogP contribution is 2.30. The van der Waals surface area contributed by atoms with E-state index in [1.165, 1.54) is 12.8 Å². The average Bonchev–Trinajstić information content (AvgIpc) is 3.46. The number of aryl methyl sites for hydroxylation is 1. The second-order valence-corrected chi connectivity index (χ2v) is 8.12. The van der Waals surface area contributed by atoms with Crippen LogP contribution < -0.4 is 19.7 Å². The zero-order valence-electron chi connectivity index (χ0n) is 19.6. The quantitative estimate of drug-likeness (QED) is 0.562. The second kappa shape index (κ2) is 9.89. The Kier molecular flexibility index (Phi) is 6.76. The Morgan fingerprint density at radius 3 is 2.36 bits per heavy atom. The van der Waals surface area contributed by atoms with Gasteiger partial charge in [-0.2, -0.15) is 5.10 Å². The van der Waals surface area contributed by atoms with Gasteiger partial charge < -0.3 is 19.7 Å². The number of amides is 1. The molecule has 0 unspecified atom stereocenters. The number of rotatable bonds is 8. The molecule has 1 aromatic carbocycles. The highest BCUT2D eigenvalue weighted by atomic mass is 16.5. The predicted molar refractivity (Wildman–Crippen MR) is 127 cm³/mol. The fourth-order valence-corrected chi connectivity index (χ4v) is 4.18. The standard InChI is InChI=1S/C24H30N6O3/c1-16-19(8-12-24(31)25-18-7-9-20(32-3)21(15-18)33-4)17(2)30(28-16)23-11-10-22(26-27-23)29-13-5-6-14-29/h7,9-11,15H,5-6,8,12-14H2,1-4H3,(H,25,31). The van der Waals surface area contributed by atoms with Crippen molar-refractivity contribution in [2.24, 2.45) is 0 Å². The Morgan fingerprint density at radius 2 is 1.70 bits per heavy atom. The summed E-state index contributed by atoms with van der Waals surface area (Å²) in [6.45, 7) is 6.02. The second-order valence-electron chi connectivity index (χ2n) is 8.12. The van der Waals surface area contributed by atoms with Crippen molar-refractivity contribution >= 4 is 17.4 Å². The van der Waals surface area contributed by atoms with Crippen LogP contribution in [0.15, 0.2) is 30.3 Å². The summed E-state index contributed by atoms with van der Waals surface area (Å²) in [6.07, 6.45) is 3.31. The fourth-order valence-electron chi connectivity index (χ4n) is 4.18. The first-order valence-corrected chi connectivity index (χ1v) is 11.2. The molecule has 0 saturated carbocycles. The molecular weight excluding hydrogens is 420 g/mol. The van der Waals surface area contributed by atoms with Crippen LogP contribution in [-0.2, 0) is 11.2 Å². The lowest BCUT2D eigenvalue weighted by molar-refractivity contribution is -0.116. The highest BCUT2D eigenvalue weighted by Gasteiger charge is 2.17. The molecule has 1 N–H and O–H groups in total. The summed E-state index contributed by atoms with van der Waals surface area (Å²) in [5, 5.41) is 16.4. The van der Waals surface area contributed by atoms with E-state index in [1.54, 1.807) is 37.1 Å². The van der Waals surface area contributed by atoms with E-state index in [9.17, 15) is 4.79 Å². The molecule has 9 heteroatoms. The van der Waals surface area contributed by atoms with Crippen molar-refractivity contribution in [2.45, 2.75) is 39.5 Å². The van der Waals surface area contributed by atoms with Gasteiger partial charge in [0.1, 0.15) is 0 Å². The first-order valence-electron chi connectivity index (χ1n) is 11.2. The van der Waals surface area contributed by atoms with E-state index in [-0.39, 0.29) is 5.91 Å². The fraction of sp³-hybridized carbons (Fsp3) is 0.417. The van der Waals surface area contributed by atoms with Gasteiger partial charge in [-0.05, 0) is 62.9 Å². The molecule has 1 aliphatic heterocycles. The van der Waals surface area contributed by atoms with Crippen LogP contribution in [0.1, 0.15) is 36.2 Å². The van der Waals surface area contributed by atoms with Crippen LogP contribution in [0.3, 0.4) is 0 Å².